The normalized spacial score (nSPS) is 15.5. The molecule has 9 heteroatoms. The van der Waals surface area contributed by atoms with Crippen LogP contribution < -0.4 is 19.7 Å². The zero-order valence-corrected chi connectivity index (χ0v) is 20.2. The fourth-order valence-electron chi connectivity index (χ4n) is 2.87. The predicted molar refractivity (Wildman–Crippen MR) is 124 cm³/mol. The van der Waals surface area contributed by atoms with E-state index >= 15 is 0 Å². The molecule has 1 aliphatic heterocycles. The lowest BCUT2D eigenvalue weighted by molar-refractivity contribution is -0.122. The van der Waals surface area contributed by atoms with Gasteiger partial charge in [0.2, 0.25) is 0 Å². The number of urea groups is 1. The van der Waals surface area contributed by atoms with Crippen LogP contribution in [0.3, 0.4) is 0 Å². The lowest BCUT2D eigenvalue weighted by Crippen LogP contribution is -2.54. The van der Waals surface area contributed by atoms with E-state index in [4.69, 9.17) is 9.47 Å². The molecule has 1 saturated heterocycles. The van der Waals surface area contributed by atoms with Gasteiger partial charge in [0.25, 0.3) is 11.8 Å². The molecular formula is C22H20Br2N2O5. The van der Waals surface area contributed by atoms with Crippen molar-refractivity contribution in [1.82, 2.24) is 5.32 Å². The van der Waals surface area contributed by atoms with Crippen LogP contribution in [-0.4, -0.2) is 31.6 Å². The molecule has 2 aromatic rings. The van der Waals surface area contributed by atoms with Gasteiger partial charge in [-0.3, -0.25) is 14.9 Å². The summed E-state index contributed by atoms with van der Waals surface area (Å²) >= 11 is 6.89. The monoisotopic (exact) mass is 550 g/mol. The summed E-state index contributed by atoms with van der Waals surface area (Å²) in [6.07, 6.45) is 1.42. The Hall–Kier alpha value is -2.65. The molecule has 0 atom stereocenters. The molecule has 1 fully saturated rings. The Morgan fingerprint density at radius 2 is 1.77 bits per heavy atom. The maximum Gasteiger partial charge on any atom is 0.335 e. The molecule has 0 aromatic heterocycles. The van der Waals surface area contributed by atoms with Gasteiger partial charge in [0.05, 0.1) is 23.9 Å². The van der Waals surface area contributed by atoms with Gasteiger partial charge < -0.3 is 9.47 Å². The highest BCUT2D eigenvalue weighted by molar-refractivity contribution is 9.11. The van der Waals surface area contributed by atoms with Crippen molar-refractivity contribution in [1.29, 1.82) is 0 Å². The molecule has 0 bridgehead atoms. The second kappa shape index (κ2) is 9.65. The summed E-state index contributed by atoms with van der Waals surface area (Å²) in [5.41, 5.74) is 0.646. The summed E-state index contributed by atoms with van der Waals surface area (Å²) in [6.45, 7) is 4.48. The number of benzene rings is 2. The molecule has 0 radical (unpaired) electrons. The Morgan fingerprint density at radius 1 is 1.10 bits per heavy atom. The third-order valence-electron chi connectivity index (χ3n) is 4.33. The summed E-state index contributed by atoms with van der Waals surface area (Å²) in [5.74, 6) is -0.154. The minimum Gasteiger partial charge on any atom is -0.497 e. The smallest absolute Gasteiger partial charge is 0.335 e. The number of barbiturate groups is 1. The molecule has 1 N–H and O–H groups in total. The van der Waals surface area contributed by atoms with E-state index in [0.29, 0.717) is 33.8 Å². The van der Waals surface area contributed by atoms with E-state index in [-0.39, 0.29) is 11.5 Å². The zero-order valence-electron chi connectivity index (χ0n) is 17.1. The van der Waals surface area contributed by atoms with Gasteiger partial charge in [0, 0.05) is 10.0 Å². The summed E-state index contributed by atoms with van der Waals surface area (Å²) in [6, 6.07) is 9.12. The highest BCUT2D eigenvalue weighted by atomic mass is 79.9. The van der Waals surface area contributed by atoms with Crippen molar-refractivity contribution in [3.63, 3.8) is 0 Å². The number of hydrogen-bond acceptors (Lipinski definition) is 5. The number of nitrogens with zero attached hydrogens (tertiary/aromatic N) is 1. The van der Waals surface area contributed by atoms with Crippen LogP contribution in [0, 0.1) is 5.92 Å². The quantitative estimate of drug-likeness (QED) is 0.407. The molecule has 0 unspecified atom stereocenters. The number of anilines is 1. The zero-order chi connectivity index (χ0) is 22.7. The molecule has 0 spiro atoms. The summed E-state index contributed by atoms with van der Waals surface area (Å²) in [5, 5.41) is 2.22. The Balaban J connectivity index is 2.03. The average molecular weight is 552 g/mol. The fraction of sp³-hybridized carbons (Fsp3) is 0.227. The first-order valence-electron chi connectivity index (χ1n) is 9.38. The Kier molecular flexibility index (Phi) is 7.17. The maximum absolute atomic E-state index is 13.1. The van der Waals surface area contributed by atoms with Crippen LogP contribution >= 0.6 is 31.9 Å². The van der Waals surface area contributed by atoms with E-state index in [1.54, 1.807) is 30.3 Å². The third kappa shape index (κ3) is 5.16. The molecule has 2 aromatic carbocycles. The Labute approximate surface area is 196 Å². The van der Waals surface area contributed by atoms with Gasteiger partial charge in [-0.1, -0.05) is 29.8 Å². The first-order valence-corrected chi connectivity index (χ1v) is 11.0. The van der Waals surface area contributed by atoms with Crippen molar-refractivity contribution in [2.75, 3.05) is 18.6 Å². The van der Waals surface area contributed by atoms with Crippen molar-refractivity contribution in [2.24, 2.45) is 5.92 Å². The van der Waals surface area contributed by atoms with E-state index in [9.17, 15) is 14.4 Å². The molecule has 3 rings (SSSR count). The highest BCUT2D eigenvalue weighted by Gasteiger charge is 2.37. The summed E-state index contributed by atoms with van der Waals surface area (Å²) in [7, 11) is 1.52. The van der Waals surface area contributed by atoms with Crippen LogP contribution in [-0.2, 0) is 9.59 Å². The molecular weight excluding hydrogens is 532 g/mol. The summed E-state index contributed by atoms with van der Waals surface area (Å²) < 4.78 is 12.4. The third-order valence-corrected chi connectivity index (χ3v) is 5.38. The van der Waals surface area contributed by atoms with Gasteiger partial charge in [-0.2, -0.15) is 0 Å². The minimum atomic E-state index is -0.816. The molecule has 0 aliphatic carbocycles. The summed E-state index contributed by atoms with van der Waals surface area (Å²) in [4.78, 5) is 39.0. The largest absolute Gasteiger partial charge is 0.497 e. The second-order valence-corrected chi connectivity index (χ2v) is 8.94. The molecule has 7 nitrogen and oxygen atoms in total. The van der Waals surface area contributed by atoms with Crippen LogP contribution in [0.4, 0.5) is 10.5 Å². The van der Waals surface area contributed by atoms with Crippen LogP contribution in [0.15, 0.2) is 50.9 Å². The lowest BCUT2D eigenvalue weighted by Gasteiger charge is -2.26. The number of nitrogens with one attached hydrogen (secondary N) is 1. The van der Waals surface area contributed by atoms with Gasteiger partial charge in [-0.25, -0.2) is 9.69 Å². The Bertz CT molecular complexity index is 1060. The number of carbonyl (C=O) groups excluding carboxylic acids is 3. The first-order chi connectivity index (χ1) is 14.7. The number of methoxy groups -OCH3 is 1. The van der Waals surface area contributed by atoms with Crippen molar-refractivity contribution in [3.8, 4) is 11.5 Å². The van der Waals surface area contributed by atoms with Gasteiger partial charge in [0.15, 0.2) is 0 Å². The lowest BCUT2D eigenvalue weighted by atomic mass is 10.1. The number of hydrogen-bond donors (Lipinski definition) is 1. The van der Waals surface area contributed by atoms with Crippen molar-refractivity contribution in [2.45, 2.75) is 13.8 Å². The van der Waals surface area contributed by atoms with Crippen LogP contribution in [0.25, 0.3) is 6.08 Å². The van der Waals surface area contributed by atoms with E-state index in [1.807, 2.05) is 19.9 Å². The molecule has 162 valence electrons. The van der Waals surface area contributed by atoms with Crippen molar-refractivity contribution in [3.05, 3.63) is 56.5 Å². The second-order valence-electron chi connectivity index (χ2n) is 7.17. The number of amides is 4. The maximum atomic E-state index is 13.1. The van der Waals surface area contributed by atoms with Crippen LogP contribution in [0.1, 0.15) is 19.4 Å². The van der Waals surface area contributed by atoms with Gasteiger partial charge >= 0.3 is 6.03 Å². The van der Waals surface area contributed by atoms with Crippen LogP contribution in [0.2, 0.25) is 0 Å². The number of halogens is 2. The van der Waals surface area contributed by atoms with E-state index in [2.05, 4.69) is 37.2 Å². The number of rotatable bonds is 6. The van der Waals surface area contributed by atoms with Gasteiger partial charge in [-0.05, 0) is 64.3 Å². The standard InChI is InChI=1S/C22H20Br2N2O5/c1-12(2)11-31-19-13(8-14(23)10-18(19)24)9-17-20(27)25-22(29)26(21(17)28)15-4-6-16(30-3)7-5-15/h4-10,12H,11H2,1-3H3,(H,25,27,29)/b17-9+. The number of carbonyl (C=O) groups is 3. The molecule has 0 saturated carbocycles. The average Bonchev–Trinajstić information content (AvgIpc) is 2.70. The van der Waals surface area contributed by atoms with Gasteiger partial charge in [0.1, 0.15) is 17.1 Å². The topological polar surface area (TPSA) is 84.9 Å². The van der Waals surface area contributed by atoms with Crippen molar-refractivity contribution < 1.29 is 23.9 Å². The number of ether oxygens (including phenoxy) is 2. The molecule has 1 aliphatic rings. The SMILES string of the molecule is COc1ccc(N2C(=O)NC(=O)/C(=C\c3cc(Br)cc(Br)c3OCC(C)C)C2=O)cc1. The van der Waals surface area contributed by atoms with Crippen molar-refractivity contribution >= 4 is 61.5 Å². The van der Waals surface area contributed by atoms with Gasteiger partial charge in [-0.15, -0.1) is 0 Å². The fourth-order valence-corrected chi connectivity index (χ4v) is 4.24. The molecule has 4 amide bonds. The molecule has 31 heavy (non-hydrogen) atoms. The van der Waals surface area contributed by atoms with E-state index < -0.39 is 17.8 Å². The minimum absolute atomic E-state index is 0.185. The predicted octanol–water partition coefficient (Wildman–Crippen LogP) is 4.92. The highest BCUT2D eigenvalue weighted by Crippen LogP contribution is 2.35. The first kappa shape index (κ1) is 23.0. The van der Waals surface area contributed by atoms with E-state index in [1.165, 1.54) is 13.2 Å². The Morgan fingerprint density at radius 3 is 2.39 bits per heavy atom. The molecule has 1 heterocycles. The number of imide groups is 2. The van der Waals surface area contributed by atoms with Crippen LogP contribution in [0.5, 0.6) is 11.5 Å². The van der Waals surface area contributed by atoms with E-state index in [0.717, 1.165) is 9.37 Å².